The van der Waals surface area contributed by atoms with Crippen LogP contribution in [0.25, 0.3) is 10.9 Å². The van der Waals surface area contributed by atoms with Crippen LogP contribution in [0.2, 0.25) is 0 Å². The number of rotatable bonds is 2. The molecule has 0 amide bonds. The van der Waals surface area contributed by atoms with Gasteiger partial charge < -0.3 is 4.90 Å². The number of nitrogens with zero attached hydrogens (tertiary/aromatic N) is 3. The molecule has 0 unspecified atom stereocenters. The van der Waals surface area contributed by atoms with Gasteiger partial charge in [0.1, 0.15) is 18.0 Å². The Morgan fingerprint density at radius 1 is 0.913 bits per heavy atom. The molecule has 116 valence electrons. The van der Waals surface area contributed by atoms with Crippen molar-refractivity contribution in [2.24, 2.45) is 0 Å². The average Bonchev–Trinajstić information content (AvgIpc) is 2.62. The van der Waals surface area contributed by atoms with Crippen LogP contribution in [0.5, 0.6) is 0 Å². The molecule has 4 heteroatoms. The van der Waals surface area contributed by atoms with E-state index in [9.17, 15) is 4.39 Å². The number of hydrogen-bond donors (Lipinski definition) is 0. The molecular weight excluding hydrogens is 289 g/mol. The van der Waals surface area contributed by atoms with Crippen LogP contribution < -0.4 is 4.90 Å². The minimum Gasteiger partial charge on any atom is -0.356 e. The average molecular weight is 307 g/mol. The maximum atomic E-state index is 14.2. The van der Waals surface area contributed by atoms with E-state index in [1.807, 2.05) is 6.07 Å². The topological polar surface area (TPSA) is 29.0 Å². The highest BCUT2D eigenvalue weighted by Crippen LogP contribution is 2.32. The van der Waals surface area contributed by atoms with E-state index in [2.05, 4.69) is 45.2 Å². The lowest BCUT2D eigenvalue weighted by Gasteiger charge is -2.33. The van der Waals surface area contributed by atoms with Crippen LogP contribution in [0, 0.1) is 5.82 Å². The Morgan fingerprint density at radius 2 is 1.70 bits per heavy atom. The highest BCUT2D eigenvalue weighted by Gasteiger charge is 2.23. The predicted octanol–water partition coefficient (Wildman–Crippen LogP) is 4.15. The zero-order valence-corrected chi connectivity index (χ0v) is 12.8. The van der Waals surface area contributed by atoms with Crippen LogP contribution in [0.3, 0.4) is 0 Å². The van der Waals surface area contributed by atoms with Crippen LogP contribution in [0.4, 0.5) is 10.2 Å². The third-order valence-electron chi connectivity index (χ3n) is 4.66. The molecule has 0 atom stereocenters. The van der Waals surface area contributed by atoms with E-state index in [0.29, 0.717) is 16.8 Å². The minimum absolute atomic E-state index is 0.247. The van der Waals surface area contributed by atoms with Gasteiger partial charge in [-0.05, 0) is 36.5 Å². The Balaban J connectivity index is 1.60. The summed E-state index contributed by atoms with van der Waals surface area (Å²) in [5.41, 5.74) is 2.06. The Bertz CT molecular complexity index is 806. The lowest BCUT2D eigenvalue weighted by atomic mass is 9.89. The fourth-order valence-corrected chi connectivity index (χ4v) is 3.44. The summed E-state index contributed by atoms with van der Waals surface area (Å²) in [7, 11) is 0. The van der Waals surface area contributed by atoms with Crippen LogP contribution in [0.15, 0.2) is 54.9 Å². The van der Waals surface area contributed by atoms with Gasteiger partial charge in [0.2, 0.25) is 0 Å². The second-order valence-corrected chi connectivity index (χ2v) is 6.00. The fraction of sp³-hybridized carbons (Fsp3) is 0.263. The Kier molecular flexibility index (Phi) is 3.66. The molecule has 4 rings (SSSR count). The van der Waals surface area contributed by atoms with Crippen molar-refractivity contribution >= 4 is 16.7 Å². The van der Waals surface area contributed by atoms with Gasteiger partial charge in [0.15, 0.2) is 0 Å². The molecule has 3 nitrogen and oxygen atoms in total. The van der Waals surface area contributed by atoms with Crippen molar-refractivity contribution in [3.63, 3.8) is 0 Å². The first-order valence-electron chi connectivity index (χ1n) is 8.02. The first-order valence-corrected chi connectivity index (χ1v) is 8.02. The molecule has 0 spiro atoms. The van der Waals surface area contributed by atoms with Crippen molar-refractivity contribution < 1.29 is 4.39 Å². The number of fused-ring (bicyclic) bond motifs is 1. The zero-order valence-electron chi connectivity index (χ0n) is 12.8. The quantitative estimate of drug-likeness (QED) is 0.712. The standard InChI is InChI=1S/C19H18FN3/c20-16-7-4-8-17-18(16)19(22-13-21-17)23-11-9-15(10-12-23)14-5-2-1-3-6-14/h1-8,13,15H,9-12H2. The van der Waals surface area contributed by atoms with Crippen molar-refractivity contribution in [2.75, 3.05) is 18.0 Å². The molecule has 2 aromatic carbocycles. The molecule has 3 aromatic rings. The zero-order chi connectivity index (χ0) is 15.6. The van der Waals surface area contributed by atoms with Crippen molar-refractivity contribution in [2.45, 2.75) is 18.8 Å². The molecule has 1 aliphatic heterocycles. The second-order valence-electron chi connectivity index (χ2n) is 6.00. The Hall–Kier alpha value is -2.49. The summed E-state index contributed by atoms with van der Waals surface area (Å²) in [6, 6.07) is 15.6. The summed E-state index contributed by atoms with van der Waals surface area (Å²) in [6.45, 7) is 1.78. The molecular formula is C19H18FN3. The maximum absolute atomic E-state index is 14.2. The molecule has 0 N–H and O–H groups in total. The van der Waals surface area contributed by atoms with E-state index in [1.54, 1.807) is 6.07 Å². The monoisotopic (exact) mass is 307 g/mol. The predicted molar refractivity (Wildman–Crippen MR) is 90.1 cm³/mol. The lowest BCUT2D eigenvalue weighted by Crippen LogP contribution is -2.33. The first-order chi connectivity index (χ1) is 11.3. The SMILES string of the molecule is Fc1cccc2ncnc(N3CCC(c4ccccc4)CC3)c12. The number of anilines is 1. The van der Waals surface area contributed by atoms with E-state index in [4.69, 9.17) is 0 Å². The fourth-order valence-electron chi connectivity index (χ4n) is 3.44. The molecule has 1 aliphatic rings. The smallest absolute Gasteiger partial charge is 0.142 e. The third-order valence-corrected chi connectivity index (χ3v) is 4.66. The summed E-state index contributed by atoms with van der Waals surface area (Å²) in [5.74, 6) is 1.05. The van der Waals surface area contributed by atoms with Gasteiger partial charge in [-0.25, -0.2) is 14.4 Å². The molecule has 2 heterocycles. The highest BCUT2D eigenvalue weighted by atomic mass is 19.1. The van der Waals surface area contributed by atoms with Gasteiger partial charge in [0.25, 0.3) is 0 Å². The van der Waals surface area contributed by atoms with Gasteiger partial charge in [-0.1, -0.05) is 36.4 Å². The maximum Gasteiger partial charge on any atom is 0.142 e. The lowest BCUT2D eigenvalue weighted by molar-refractivity contribution is 0.503. The second kappa shape index (κ2) is 5.95. The van der Waals surface area contributed by atoms with Crippen LogP contribution >= 0.6 is 0 Å². The van der Waals surface area contributed by atoms with E-state index < -0.39 is 0 Å². The Morgan fingerprint density at radius 3 is 2.48 bits per heavy atom. The normalized spacial score (nSPS) is 16.0. The van der Waals surface area contributed by atoms with E-state index in [1.165, 1.54) is 18.0 Å². The summed E-state index contributed by atoms with van der Waals surface area (Å²) in [4.78, 5) is 10.7. The van der Waals surface area contributed by atoms with Gasteiger partial charge in [0.05, 0.1) is 10.9 Å². The minimum atomic E-state index is -0.247. The largest absolute Gasteiger partial charge is 0.356 e. The summed E-state index contributed by atoms with van der Waals surface area (Å²) >= 11 is 0. The van der Waals surface area contributed by atoms with Gasteiger partial charge in [-0.2, -0.15) is 0 Å². The van der Waals surface area contributed by atoms with Crippen LogP contribution in [0.1, 0.15) is 24.3 Å². The molecule has 23 heavy (non-hydrogen) atoms. The molecule has 0 saturated carbocycles. The number of benzene rings is 2. The van der Waals surface area contributed by atoms with Crippen molar-refractivity contribution in [1.82, 2.24) is 9.97 Å². The van der Waals surface area contributed by atoms with E-state index in [0.717, 1.165) is 31.7 Å². The Labute approximate surface area is 134 Å². The summed E-state index contributed by atoms with van der Waals surface area (Å²) in [6.07, 6.45) is 3.65. The molecule has 0 aliphatic carbocycles. The van der Waals surface area contributed by atoms with Crippen molar-refractivity contribution in [3.05, 3.63) is 66.2 Å². The van der Waals surface area contributed by atoms with Gasteiger partial charge in [-0.15, -0.1) is 0 Å². The van der Waals surface area contributed by atoms with Crippen molar-refractivity contribution in [1.29, 1.82) is 0 Å². The number of piperidine rings is 1. The van der Waals surface area contributed by atoms with Gasteiger partial charge in [-0.3, -0.25) is 0 Å². The van der Waals surface area contributed by atoms with E-state index >= 15 is 0 Å². The van der Waals surface area contributed by atoms with E-state index in [-0.39, 0.29) is 5.82 Å². The number of hydrogen-bond acceptors (Lipinski definition) is 3. The molecule has 0 bridgehead atoms. The van der Waals surface area contributed by atoms with Crippen molar-refractivity contribution in [3.8, 4) is 0 Å². The summed E-state index contributed by atoms with van der Waals surface area (Å²) in [5, 5.41) is 0.535. The van der Waals surface area contributed by atoms with Gasteiger partial charge >= 0.3 is 0 Å². The molecule has 1 fully saturated rings. The molecule has 1 aromatic heterocycles. The summed E-state index contributed by atoms with van der Waals surface area (Å²) < 4.78 is 14.2. The third kappa shape index (κ3) is 2.65. The number of aromatic nitrogens is 2. The van der Waals surface area contributed by atoms with Crippen LogP contribution in [-0.2, 0) is 0 Å². The van der Waals surface area contributed by atoms with Crippen LogP contribution in [-0.4, -0.2) is 23.1 Å². The van der Waals surface area contributed by atoms with Gasteiger partial charge in [0, 0.05) is 13.1 Å². The highest BCUT2D eigenvalue weighted by molar-refractivity contribution is 5.89. The molecule has 0 radical (unpaired) electrons. The first kappa shape index (κ1) is 14.1. The molecule has 1 saturated heterocycles. The number of halogens is 1.